The maximum absolute atomic E-state index is 11.6. The number of hydrogen-bond donors (Lipinski definition) is 0. The lowest BCUT2D eigenvalue weighted by molar-refractivity contribution is 0.588. The highest BCUT2D eigenvalue weighted by Crippen LogP contribution is 2.34. The second-order valence-corrected chi connectivity index (χ2v) is 6.41. The Balaban J connectivity index is 3.17. The summed E-state index contributed by atoms with van der Waals surface area (Å²) in [6.45, 7) is 5.60. The van der Waals surface area contributed by atoms with E-state index in [1.807, 2.05) is 31.2 Å². The van der Waals surface area contributed by atoms with E-state index < -0.39 is 7.14 Å². The van der Waals surface area contributed by atoms with Gasteiger partial charge in [0, 0.05) is 5.30 Å². The molecular formula is C9H13OP. The molecule has 0 N–H and O–H groups in total. The molecule has 1 aromatic rings. The van der Waals surface area contributed by atoms with Gasteiger partial charge in [-0.15, -0.1) is 0 Å². The molecule has 0 unspecified atom stereocenters. The largest absolute Gasteiger partial charge is 0.319 e. The van der Waals surface area contributed by atoms with Crippen LogP contribution in [0.4, 0.5) is 0 Å². The van der Waals surface area contributed by atoms with Gasteiger partial charge in [0.2, 0.25) is 0 Å². The Kier molecular flexibility index (Phi) is 2.20. The minimum Gasteiger partial charge on any atom is -0.319 e. The van der Waals surface area contributed by atoms with Crippen molar-refractivity contribution in [3.8, 4) is 0 Å². The minimum atomic E-state index is -2.05. The molecule has 1 nitrogen and oxygen atoms in total. The molecule has 0 aliphatic carbocycles. The van der Waals surface area contributed by atoms with Gasteiger partial charge in [-0.05, 0) is 26.3 Å². The minimum absolute atomic E-state index is 0.970. The number of aryl methyl sites for hydroxylation is 1. The van der Waals surface area contributed by atoms with Crippen LogP contribution >= 0.6 is 7.14 Å². The number of hydrogen-bond acceptors (Lipinski definition) is 1. The molecule has 1 aromatic carbocycles. The van der Waals surface area contributed by atoms with Crippen LogP contribution in [0.5, 0.6) is 0 Å². The van der Waals surface area contributed by atoms with E-state index in [4.69, 9.17) is 0 Å². The van der Waals surface area contributed by atoms with Crippen molar-refractivity contribution >= 4 is 12.4 Å². The molecule has 0 spiro atoms. The third-order valence-electron chi connectivity index (χ3n) is 1.62. The molecule has 0 bridgehead atoms. The average Bonchev–Trinajstić information content (AvgIpc) is 1.86. The smallest absolute Gasteiger partial charge is 0.109 e. The Morgan fingerprint density at radius 3 is 2.27 bits per heavy atom. The molecule has 0 saturated heterocycles. The third-order valence-corrected chi connectivity index (χ3v) is 3.15. The summed E-state index contributed by atoms with van der Waals surface area (Å²) in [5.41, 5.74) is 1.17. The topological polar surface area (TPSA) is 17.1 Å². The molecule has 0 aromatic heterocycles. The molecule has 0 fully saturated rings. The summed E-state index contributed by atoms with van der Waals surface area (Å²) in [4.78, 5) is 0. The molecule has 0 radical (unpaired) electrons. The fourth-order valence-corrected chi connectivity index (χ4v) is 1.92. The van der Waals surface area contributed by atoms with Gasteiger partial charge in [-0.25, -0.2) is 0 Å². The second-order valence-electron chi connectivity index (χ2n) is 3.19. The zero-order chi connectivity index (χ0) is 8.48. The van der Waals surface area contributed by atoms with Gasteiger partial charge in [-0.3, -0.25) is 0 Å². The van der Waals surface area contributed by atoms with Crippen LogP contribution in [0.3, 0.4) is 0 Å². The van der Waals surface area contributed by atoms with E-state index in [0.29, 0.717) is 0 Å². The van der Waals surface area contributed by atoms with Crippen molar-refractivity contribution in [2.45, 2.75) is 6.92 Å². The van der Waals surface area contributed by atoms with Crippen molar-refractivity contribution in [3.63, 3.8) is 0 Å². The van der Waals surface area contributed by atoms with Crippen LogP contribution < -0.4 is 5.30 Å². The predicted molar refractivity (Wildman–Crippen MR) is 50.3 cm³/mol. The molecule has 0 amide bonds. The van der Waals surface area contributed by atoms with Crippen LogP contribution in [0, 0.1) is 6.92 Å². The molecule has 11 heavy (non-hydrogen) atoms. The lowest BCUT2D eigenvalue weighted by Crippen LogP contribution is -2.01. The predicted octanol–water partition coefficient (Wildman–Crippen LogP) is 2.24. The Labute approximate surface area is 67.8 Å². The maximum Gasteiger partial charge on any atom is 0.109 e. The number of rotatable bonds is 1. The fraction of sp³-hybridized carbons (Fsp3) is 0.333. The maximum atomic E-state index is 11.6. The van der Waals surface area contributed by atoms with Gasteiger partial charge in [-0.2, -0.15) is 0 Å². The van der Waals surface area contributed by atoms with Gasteiger partial charge in [0.15, 0.2) is 0 Å². The molecule has 0 atom stereocenters. The highest BCUT2D eigenvalue weighted by Gasteiger charge is 2.09. The Bertz CT molecular complexity index is 298. The van der Waals surface area contributed by atoms with Crippen molar-refractivity contribution in [1.29, 1.82) is 0 Å². The third kappa shape index (κ3) is 2.20. The van der Waals surface area contributed by atoms with E-state index in [1.54, 1.807) is 13.3 Å². The molecule has 1 rings (SSSR count). The summed E-state index contributed by atoms with van der Waals surface area (Å²) >= 11 is 0. The Morgan fingerprint density at radius 2 is 1.91 bits per heavy atom. The van der Waals surface area contributed by atoms with Crippen molar-refractivity contribution in [2.24, 2.45) is 0 Å². The normalized spacial score (nSPS) is 11.5. The lowest BCUT2D eigenvalue weighted by Gasteiger charge is -2.06. The van der Waals surface area contributed by atoms with Gasteiger partial charge >= 0.3 is 0 Å². The van der Waals surface area contributed by atoms with Crippen molar-refractivity contribution in [3.05, 3.63) is 29.8 Å². The molecule has 0 saturated carbocycles. The van der Waals surface area contributed by atoms with E-state index in [1.165, 1.54) is 5.56 Å². The summed E-state index contributed by atoms with van der Waals surface area (Å²) in [7, 11) is -2.05. The summed E-state index contributed by atoms with van der Waals surface area (Å²) < 4.78 is 11.6. The lowest BCUT2D eigenvalue weighted by atomic mass is 10.2. The van der Waals surface area contributed by atoms with Crippen molar-refractivity contribution < 1.29 is 4.57 Å². The quantitative estimate of drug-likeness (QED) is 0.588. The first-order valence-corrected chi connectivity index (χ1v) is 6.22. The van der Waals surface area contributed by atoms with Crippen molar-refractivity contribution in [1.82, 2.24) is 0 Å². The van der Waals surface area contributed by atoms with Crippen LogP contribution in [0.25, 0.3) is 0 Å². The first-order valence-electron chi connectivity index (χ1n) is 3.62. The van der Waals surface area contributed by atoms with E-state index in [-0.39, 0.29) is 0 Å². The highest BCUT2D eigenvalue weighted by atomic mass is 31.2. The first kappa shape index (κ1) is 8.55. The second kappa shape index (κ2) is 2.83. The van der Waals surface area contributed by atoms with Gasteiger partial charge in [0.05, 0.1) is 0 Å². The zero-order valence-electron chi connectivity index (χ0n) is 7.16. The van der Waals surface area contributed by atoms with E-state index in [2.05, 4.69) is 0 Å². The molecule has 0 heterocycles. The standard InChI is InChI=1S/C9H13OP/c1-8-5-4-6-9(7-8)11(2,3)10/h4-7H,1-3H3. The fourth-order valence-electron chi connectivity index (χ4n) is 0.963. The van der Waals surface area contributed by atoms with Crippen molar-refractivity contribution in [2.75, 3.05) is 13.3 Å². The molecule has 60 valence electrons. The Hall–Kier alpha value is -0.550. The van der Waals surface area contributed by atoms with E-state index >= 15 is 0 Å². The molecule has 2 heteroatoms. The van der Waals surface area contributed by atoms with Gasteiger partial charge in [0.25, 0.3) is 0 Å². The van der Waals surface area contributed by atoms with Crippen LogP contribution in [0.2, 0.25) is 0 Å². The molecule has 0 aliphatic heterocycles. The summed E-state index contributed by atoms with van der Waals surface area (Å²) in [6, 6.07) is 7.87. The summed E-state index contributed by atoms with van der Waals surface area (Å²) in [6.07, 6.45) is 0. The average molecular weight is 168 g/mol. The van der Waals surface area contributed by atoms with E-state index in [9.17, 15) is 4.57 Å². The number of benzene rings is 1. The van der Waals surface area contributed by atoms with Gasteiger partial charge in [-0.1, -0.05) is 23.8 Å². The van der Waals surface area contributed by atoms with Crippen LogP contribution in [-0.2, 0) is 4.57 Å². The van der Waals surface area contributed by atoms with E-state index in [0.717, 1.165) is 5.30 Å². The van der Waals surface area contributed by atoms with Gasteiger partial charge in [0.1, 0.15) is 7.14 Å². The molecule has 0 aliphatic rings. The van der Waals surface area contributed by atoms with Crippen LogP contribution in [0.15, 0.2) is 24.3 Å². The zero-order valence-corrected chi connectivity index (χ0v) is 8.06. The first-order chi connectivity index (χ1) is 5.00. The summed E-state index contributed by atoms with van der Waals surface area (Å²) in [5, 5.41) is 0.970. The van der Waals surface area contributed by atoms with Gasteiger partial charge < -0.3 is 4.57 Å². The highest BCUT2D eigenvalue weighted by molar-refractivity contribution is 7.70. The Morgan fingerprint density at radius 1 is 1.27 bits per heavy atom. The SMILES string of the molecule is Cc1cccc(P(C)(C)=O)c1. The summed E-state index contributed by atoms with van der Waals surface area (Å²) in [5.74, 6) is 0. The molecular weight excluding hydrogens is 155 g/mol. The van der Waals surface area contributed by atoms with Crippen LogP contribution in [-0.4, -0.2) is 13.3 Å². The van der Waals surface area contributed by atoms with Crippen LogP contribution in [0.1, 0.15) is 5.56 Å². The monoisotopic (exact) mass is 168 g/mol.